The summed E-state index contributed by atoms with van der Waals surface area (Å²) in [6, 6.07) is 16.6. The highest BCUT2D eigenvalue weighted by molar-refractivity contribution is 14.1. The van der Waals surface area contributed by atoms with Crippen LogP contribution < -0.4 is 4.90 Å². The van der Waals surface area contributed by atoms with Gasteiger partial charge in [0.2, 0.25) is 0 Å². The Morgan fingerprint density at radius 2 is 1.75 bits per heavy atom. The molecule has 0 spiro atoms. The molecule has 1 aromatic heterocycles. The Hall–Kier alpha value is -2.63. The number of carboxylic acid groups (broad SMARTS) is 1. The third-order valence-corrected chi connectivity index (χ3v) is 7.92. The lowest BCUT2D eigenvalue weighted by Crippen LogP contribution is -2.49. The Morgan fingerprint density at radius 1 is 1.03 bits per heavy atom. The fourth-order valence-electron chi connectivity index (χ4n) is 5.29. The first-order valence-corrected chi connectivity index (χ1v) is 13.5. The fraction of sp³-hybridized carbons (Fsp3) is 0.407. The van der Waals surface area contributed by atoms with Gasteiger partial charge in [-0.25, -0.2) is 4.79 Å². The van der Waals surface area contributed by atoms with Gasteiger partial charge < -0.3 is 20.0 Å². The predicted octanol–water partition coefficient (Wildman–Crippen LogP) is 3.68. The number of hydrogen-bond acceptors (Lipinski definition) is 5. The third-order valence-electron chi connectivity index (χ3n) is 7.20. The van der Waals surface area contributed by atoms with Crippen molar-refractivity contribution in [2.75, 3.05) is 44.2 Å². The van der Waals surface area contributed by atoms with Crippen molar-refractivity contribution in [2.45, 2.75) is 32.5 Å². The second-order valence-electron chi connectivity index (χ2n) is 9.64. The number of nitrogens with zero attached hydrogens (tertiary/aromatic N) is 5. The zero-order chi connectivity index (χ0) is 25.2. The lowest BCUT2D eigenvalue weighted by molar-refractivity contribution is 0.0906. The maximum absolute atomic E-state index is 11.6. The molecule has 0 aliphatic carbocycles. The number of aromatic nitrogens is 2. The Bertz CT molecular complexity index is 1220. The molecule has 3 heterocycles. The maximum Gasteiger partial charge on any atom is 0.407 e. The molecule has 36 heavy (non-hydrogen) atoms. The highest BCUT2D eigenvalue weighted by Crippen LogP contribution is 2.31. The number of hydrogen-bond donors (Lipinski definition) is 2. The van der Waals surface area contributed by atoms with Crippen LogP contribution in [-0.4, -0.2) is 81.3 Å². The van der Waals surface area contributed by atoms with Crippen molar-refractivity contribution < 1.29 is 15.0 Å². The van der Waals surface area contributed by atoms with Gasteiger partial charge in [-0.05, 0) is 53.3 Å². The van der Waals surface area contributed by atoms with Gasteiger partial charge in [-0.2, -0.15) is 5.10 Å². The summed E-state index contributed by atoms with van der Waals surface area (Å²) in [6.45, 7) is 7.60. The van der Waals surface area contributed by atoms with Gasteiger partial charge in [-0.15, -0.1) is 0 Å². The van der Waals surface area contributed by atoms with Gasteiger partial charge in [0, 0.05) is 71.8 Å². The minimum Gasteiger partial charge on any atom is -0.465 e. The molecule has 0 saturated carbocycles. The number of rotatable bonds is 6. The second-order valence-corrected chi connectivity index (χ2v) is 10.9. The second kappa shape index (κ2) is 10.8. The average Bonchev–Trinajstić information content (AvgIpc) is 3.22. The molecule has 2 aliphatic heterocycles. The third kappa shape index (κ3) is 5.37. The highest BCUT2D eigenvalue weighted by Gasteiger charge is 2.29. The van der Waals surface area contributed by atoms with Gasteiger partial charge in [-0.1, -0.05) is 30.3 Å². The van der Waals surface area contributed by atoms with Crippen molar-refractivity contribution in [3.8, 4) is 11.3 Å². The first kappa shape index (κ1) is 25.0. The first-order chi connectivity index (χ1) is 17.4. The highest BCUT2D eigenvalue weighted by atomic mass is 127. The molecular formula is C27H32IN5O3. The predicted molar refractivity (Wildman–Crippen MR) is 148 cm³/mol. The smallest absolute Gasteiger partial charge is 0.407 e. The van der Waals surface area contributed by atoms with Crippen molar-refractivity contribution in [1.29, 1.82) is 0 Å². The SMILES string of the molecule is Cc1ccccc1N1CCN(CC(O)Cn2nc(-c3ccc(I)cc3)c3c2CCN(C(=O)O)C3)CC1. The number of piperazine rings is 1. The molecule has 9 heteroatoms. The van der Waals surface area contributed by atoms with Gasteiger partial charge in [0.1, 0.15) is 0 Å². The molecule has 190 valence electrons. The zero-order valence-corrected chi connectivity index (χ0v) is 22.6. The molecule has 0 radical (unpaired) electrons. The van der Waals surface area contributed by atoms with Crippen molar-refractivity contribution in [2.24, 2.45) is 0 Å². The van der Waals surface area contributed by atoms with E-state index in [1.807, 2.05) is 28.9 Å². The molecule has 5 rings (SSSR count). The van der Waals surface area contributed by atoms with Crippen molar-refractivity contribution in [3.05, 3.63) is 68.9 Å². The summed E-state index contributed by atoms with van der Waals surface area (Å²) in [6.07, 6.45) is -0.867. The first-order valence-electron chi connectivity index (χ1n) is 12.4. The Labute approximate surface area is 225 Å². The van der Waals surface area contributed by atoms with Crippen LogP contribution in [-0.2, 0) is 19.5 Å². The fourth-order valence-corrected chi connectivity index (χ4v) is 5.65. The number of aliphatic hydroxyl groups is 1. The topological polar surface area (TPSA) is 85.1 Å². The van der Waals surface area contributed by atoms with E-state index in [1.165, 1.54) is 16.2 Å². The maximum atomic E-state index is 11.6. The van der Waals surface area contributed by atoms with E-state index in [2.05, 4.69) is 63.6 Å². The van der Waals surface area contributed by atoms with E-state index in [4.69, 9.17) is 5.10 Å². The van der Waals surface area contributed by atoms with E-state index in [0.717, 1.165) is 52.3 Å². The Balaban J connectivity index is 1.27. The minimum absolute atomic E-state index is 0.322. The van der Waals surface area contributed by atoms with Crippen LogP contribution >= 0.6 is 22.6 Å². The summed E-state index contributed by atoms with van der Waals surface area (Å²) in [7, 11) is 0. The summed E-state index contributed by atoms with van der Waals surface area (Å²) in [4.78, 5) is 17.8. The van der Waals surface area contributed by atoms with Crippen LogP contribution in [0.15, 0.2) is 48.5 Å². The number of benzene rings is 2. The number of fused-ring (bicyclic) bond motifs is 1. The molecule has 1 amide bonds. The van der Waals surface area contributed by atoms with E-state index in [-0.39, 0.29) is 0 Å². The van der Waals surface area contributed by atoms with E-state index in [0.29, 0.717) is 32.6 Å². The lowest BCUT2D eigenvalue weighted by atomic mass is 10.0. The number of β-amino-alcohol motifs (C(OH)–C–C–N with tert-alkyl or cyclic N) is 1. The Morgan fingerprint density at radius 3 is 2.44 bits per heavy atom. The van der Waals surface area contributed by atoms with Crippen molar-refractivity contribution >= 4 is 34.4 Å². The molecule has 2 N–H and O–H groups in total. The van der Waals surface area contributed by atoms with E-state index in [1.54, 1.807) is 0 Å². The van der Waals surface area contributed by atoms with Crippen LogP contribution in [0.4, 0.5) is 10.5 Å². The molecule has 3 aromatic rings. The van der Waals surface area contributed by atoms with Crippen molar-refractivity contribution in [1.82, 2.24) is 19.6 Å². The summed E-state index contributed by atoms with van der Waals surface area (Å²) in [5, 5.41) is 25.5. The molecule has 1 atom stereocenters. The molecule has 2 aliphatic rings. The normalized spacial score (nSPS) is 17.2. The van der Waals surface area contributed by atoms with Gasteiger partial charge >= 0.3 is 6.09 Å². The van der Waals surface area contributed by atoms with Crippen LogP contribution in [0.3, 0.4) is 0 Å². The number of aryl methyl sites for hydroxylation is 1. The standard InChI is InChI=1S/C27H32IN5O3/c1-19-4-2-3-5-24(19)31-14-12-30(13-15-31)16-22(34)17-33-25-10-11-32(27(35)36)18-23(25)26(29-33)20-6-8-21(28)9-7-20/h2-9,22,34H,10-18H2,1H3,(H,35,36). The molecule has 0 bridgehead atoms. The van der Waals surface area contributed by atoms with Crippen molar-refractivity contribution in [3.63, 3.8) is 0 Å². The van der Waals surface area contributed by atoms with E-state index >= 15 is 0 Å². The number of anilines is 1. The van der Waals surface area contributed by atoms with Crippen LogP contribution in [0.2, 0.25) is 0 Å². The number of para-hydroxylation sites is 1. The quantitative estimate of drug-likeness (QED) is 0.420. The number of amides is 1. The zero-order valence-electron chi connectivity index (χ0n) is 20.5. The molecule has 1 fully saturated rings. The summed E-state index contributed by atoms with van der Waals surface area (Å²) in [5.74, 6) is 0. The van der Waals surface area contributed by atoms with Gasteiger partial charge in [0.05, 0.1) is 24.9 Å². The summed E-state index contributed by atoms with van der Waals surface area (Å²) < 4.78 is 3.05. The number of halogens is 1. The van der Waals surface area contributed by atoms with E-state index < -0.39 is 12.2 Å². The van der Waals surface area contributed by atoms with Gasteiger partial charge in [-0.3, -0.25) is 9.58 Å². The summed E-state index contributed by atoms with van der Waals surface area (Å²) >= 11 is 2.27. The van der Waals surface area contributed by atoms with Gasteiger partial charge in [0.15, 0.2) is 0 Å². The molecule has 8 nitrogen and oxygen atoms in total. The van der Waals surface area contributed by atoms with Crippen LogP contribution in [0.1, 0.15) is 16.8 Å². The lowest BCUT2D eigenvalue weighted by Gasteiger charge is -2.37. The van der Waals surface area contributed by atoms with Crippen LogP contribution in [0.25, 0.3) is 11.3 Å². The molecule has 2 aromatic carbocycles. The monoisotopic (exact) mass is 601 g/mol. The Kier molecular flexibility index (Phi) is 7.49. The minimum atomic E-state index is -0.910. The molecule has 1 unspecified atom stereocenters. The number of aliphatic hydroxyl groups excluding tert-OH is 1. The van der Waals surface area contributed by atoms with Crippen LogP contribution in [0.5, 0.6) is 0 Å². The molecule has 1 saturated heterocycles. The number of carbonyl (C=O) groups is 1. The largest absolute Gasteiger partial charge is 0.465 e. The molecular weight excluding hydrogens is 569 g/mol. The van der Waals surface area contributed by atoms with Gasteiger partial charge in [0.25, 0.3) is 0 Å². The van der Waals surface area contributed by atoms with E-state index in [9.17, 15) is 15.0 Å². The van der Waals surface area contributed by atoms with Crippen LogP contribution in [0, 0.1) is 10.5 Å². The summed E-state index contributed by atoms with van der Waals surface area (Å²) in [5.41, 5.74) is 6.35. The average molecular weight is 601 g/mol.